The third-order valence-electron chi connectivity index (χ3n) is 2.98. The number of nitrogens with zero attached hydrogens (tertiary/aromatic N) is 1. The van der Waals surface area contributed by atoms with Gasteiger partial charge < -0.3 is 9.26 Å². The molecule has 2 rings (SSSR count). The van der Waals surface area contributed by atoms with E-state index in [2.05, 4.69) is 5.16 Å². The van der Waals surface area contributed by atoms with E-state index in [1.165, 1.54) is 0 Å². The topological polar surface area (TPSA) is 35.3 Å². The molecule has 18 heavy (non-hydrogen) atoms. The maximum atomic E-state index is 12.7. The molecule has 96 valence electrons. The summed E-state index contributed by atoms with van der Waals surface area (Å²) < 4.78 is 23.1. The summed E-state index contributed by atoms with van der Waals surface area (Å²) in [6.45, 7) is 1.43. The van der Waals surface area contributed by atoms with Gasteiger partial charge in [-0.3, -0.25) is 4.39 Å². The van der Waals surface area contributed by atoms with E-state index in [1.54, 1.807) is 19.4 Å². The second-order valence-electron chi connectivity index (χ2n) is 4.29. The molecule has 1 heterocycles. The molecular formula is C14H16FNO2. The lowest BCUT2D eigenvalue weighted by molar-refractivity contribution is 0.0479. The van der Waals surface area contributed by atoms with E-state index in [9.17, 15) is 4.39 Å². The second kappa shape index (κ2) is 5.78. The molecule has 0 aliphatic carbocycles. The first-order chi connectivity index (χ1) is 8.76. The van der Waals surface area contributed by atoms with E-state index in [-0.39, 0.29) is 12.0 Å². The highest BCUT2D eigenvalue weighted by molar-refractivity contribution is 5.57. The van der Waals surface area contributed by atoms with Gasteiger partial charge in [0.25, 0.3) is 0 Å². The van der Waals surface area contributed by atoms with Gasteiger partial charge in [0.15, 0.2) is 5.76 Å². The van der Waals surface area contributed by atoms with Crippen LogP contribution in [0.25, 0.3) is 11.3 Å². The number of aromatic nitrogens is 1. The van der Waals surface area contributed by atoms with Crippen LogP contribution in [0.2, 0.25) is 0 Å². The Morgan fingerprint density at radius 2 is 2.00 bits per heavy atom. The third-order valence-corrected chi connectivity index (χ3v) is 2.98. The summed E-state index contributed by atoms with van der Waals surface area (Å²) in [6.07, 6.45) is 1.38. The van der Waals surface area contributed by atoms with Gasteiger partial charge in [-0.2, -0.15) is 0 Å². The van der Waals surface area contributed by atoms with Gasteiger partial charge in [0, 0.05) is 24.7 Å². The number of rotatable bonds is 5. The van der Waals surface area contributed by atoms with E-state index in [4.69, 9.17) is 9.26 Å². The largest absolute Gasteiger partial charge is 0.376 e. The van der Waals surface area contributed by atoms with Gasteiger partial charge in [0.2, 0.25) is 0 Å². The van der Waals surface area contributed by atoms with E-state index in [1.807, 2.05) is 31.2 Å². The monoisotopic (exact) mass is 249 g/mol. The van der Waals surface area contributed by atoms with Crippen molar-refractivity contribution in [2.75, 3.05) is 13.8 Å². The van der Waals surface area contributed by atoms with Crippen molar-refractivity contribution >= 4 is 0 Å². The fourth-order valence-corrected chi connectivity index (χ4v) is 1.98. The van der Waals surface area contributed by atoms with Gasteiger partial charge in [-0.1, -0.05) is 36.3 Å². The quantitative estimate of drug-likeness (QED) is 0.811. The molecule has 0 radical (unpaired) electrons. The van der Waals surface area contributed by atoms with Crippen LogP contribution in [-0.4, -0.2) is 18.9 Å². The van der Waals surface area contributed by atoms with E-state index >= 15 is 0 Å². The fraction of sp³-hybridized carbons (Fsp3) is 0.357. The lowest BCUT2D eigenvalue weighted by Crippen LogP contribution is -2.13. The van der Waals surface area contributed by atoms with Crippen molar-refractivity contribution in [2.24, 2.45) is 5.92 Å². The number of hydrogen-bond donors (Lipinski definition) is 0. The standard InChI is InChI=1S/C14H16FNO2/c1-10(9-15)14(17-2)12-5-3-11(4-6-12)13-7-8-16-18-13/h3-8,10,14H,9H2,1-2H3/t10-,14+/m1/s1. The van der Waals surface area contributed by atoms with Crippen molar-refractivity contribution in [2.45, 2.75) is 13.0 Å². The Kier molecular flexibility index (Phi) is 4.10. The molecule has 2 aromatic rings. The zero-order valence-electron chi connectivity index (χ0n) is 10.5. The first kappa shape index (κ1) is 12.8. The molecule has 1 aromatic carbocycles. The zero-order valence-corrected chi connectivity index (χ0v) is 10.5. The van der Waals surface area contributed by atoms with E-state index in [0.717, 1.165) is 11.1 Å². The van der Waals surface area contributed by atoms with Gasteiger partial charge in [-0.05, 0) is 5.56 Å². The Morgan fingerprint density at radius 1 is 1.28 bits per heavy atom. The smallest absolute Gasteiger partial charge is 0.166 e. The SMILES string of the molecule is CO[C@H](c1ccc(-c2ccno2)cc1)[C@H](C)CF. The van der Waals surface area contributed by atoms with Crippen molar-refractivity contribution in [3.63, 3.8) is 0 Å². The minimum atomic E-state index is -0.400. The van der Waals surface area contributed by atoms with Crippen LogP contribution in [0.3, 0.4) is 0 Å². The summed E-state index contributed by atoms with van der Waals surface area (Å²) in [5.74, 6) is 0.556. The predicted molar refractivity (Wildman–Crippen MR) is 66.8 cm³/mol. The zero-order chi connectivity index (χ0) is 13.0. The average molecular weight is 249 g/mol. The van der Waals surface area contributed by atoms with Gasteiger partial charge in [-0.25, -0.2) is 0 Å². The summed E-state index contributed by atoms with van der Waals surface area (Å²) in [6, 6.07) is 9.50. The van der Waals surface area contributed by atoms with Crippen LogP contribution >= 0.6 is 0 Å². The van der Waals surface area contributed by atoms with Gasteiger partial charge in [-0.15, -0.1) is 0 Å². The minimum absolute atomic E-state index is 0.161. The van der Waals surface area contributed by atoms with Gasteiger partial charge in [0.05, 0.1) is 19.0 Å². The first-order valence-corrected chi connectivity index (χ1v) is 5.86. The molecule has 0 amide bonds. The Balaban J connectivity index is 2.21. The number of benzene rings is 1. The lowest BCUT2D eigenvalue weighted by Gasteiger charge is -2.20. The van der Waals surface area contributed by atoms with Crippen molar-refractivity contribution < 1.29 is 13.7 Å². The Bertz CT molecular complexity index is 467. The lowest BCUT2D eigenvalue weighted by atomic mass is 9.97. The molecule has 1 aromatic heterocycles. The van der Waals surface area contributed by atoms with Gasteiger partial charge in [0.1, 0.15) is 0 Å². The molecule has 0 bridgehead atoms. The molecule has 0 aliphatic rings. The molecule has 0 saturated carbocycles. The summed E-state index contributed by atoms with van der Waals surface area (Å²) in [4.78, 5) is 0. The van der Waals surface area contributed by atoms with Crippen molar-refractivity contribution in [1.29, 1.82) is 0 Å². The van der Waals surface area contributed by atoms with Crippen LogP contribution in [-0.2, 0) is 4.74 Å². The highest BCUT2D eigenvalue weighted by atomic mass is 19.1. The normalized spacial score (nSPS) is 14.4. The molecule has 2 atom stereocenters. The Labute approximate surface area is 106 Å². The highest BCUT2D eigenvalue weighted by Gasteiger charge is 2.18. The molecule has 0 unspecified atom stereocenters. The summed E-state index contributed by atoms with van der Waals surface area (Å²) in [7, 11) is 1.60. The molecule has 3 nitrogen and oxygen atoms in total. The fourth-order valence-electron chi connectivity index (χ4n) is 1.98. The molecule has 4 heteroatoms. The third kappa shape index (κ3) is 2.59. The van der Waals surface area contributed by atoms with Crippen LogP contribution < -0.4 is 0 Å². The van der Waals surface area contributed by atoms with Crippen LogP contribution in [0.4, 0.5) is 4.39 Å². The van der Waals surface area contributed by atoms with Crippen LogP contribution in [0.15, 0.2) is 41.1 Å². The van der Waals surface area contributed by atoms with Crippen molar-refractivity contribution in [3.8, 4) is 11.3 Å². The Hall–Kier alpha value is -1.68. The number of methoxy groups -OCH3 is 1. The number of alkyl halides is 1. The molecule has 0 saturated heterocycles. The van der Waals surface area contributed by atoms with E-state index in [0.29, 0.717) is 5.76 Å². The summed E-state index contributed by atoms with van der Waals surface area (Å²) in [5.41, 5.74) is 1.91. The predicted octanol–water partition coefficient (Wildman–Crippen LogP) is 3.63. The highest BCUT2D eigenvalue weighted by Crippen LogP contribution is 2.28. The Morgan fingerprint density at radius 3 is 2.50 bits per heavy atom. The number of ether oxygens (including phenoxy) is 1. The molecule has 0 N–H and O–H groups in total. The molecule has 0 fully saturated rings. The maximum absolute atomic E-state index is 12.7. The minimum Gasteiger partial charge on any atom is -0.376 e. The number of hydrogen-bond acceptors (Lipinski definition) is 3. The average Bonchev–Trinajstić information content (AvgIpc) is 2.94. The summed E-state index contributed by atoms with van der Waals surface area (Å²) >= 11 is 0. The first-order valence-electron chi connectivity index (χ1n) is 5.86. The van der Waals surface area contributed by atoms with Crippen molar-refractivity contribution in [1.82, 2.24) is 5.16 Å². The molecule has 0 aliphatic heterocycles. The summed E-state index contributed by atoms with van der Waals surface area (Å²) in [5, 5.41) is 3.66. The maximum Gasteiger partial charge on any atom is 0.166 e. The van der Waals surface area contributed by atoms with Crippen LogP contribution in [0.1, 0.15) is 18.6 Å². The molecular weight excluding hydrogens is 233 g/mol. The number of halogens is 1. The molecule has 0 spiro atoms. The van der Waals surface area contributed by atoms with Gasteiger partial charge >= 0.3 is 0 Å². The van der Waals surface area contributed by atoms with Crippen molar-refractivity contribution in [3.05, 3.63) is 42.1 Å². The van der Waals surface area contributed by atoms with Crippen LogP contribution in [0, 0.1) is 5.92 Å². The second-order valence-corrected chi connectivity index (χ2v) is 4.29. The van der Waals surface area contributed by atoms with E-state index < -0.39 is 6.67 Å². The van der Waals surface area contributed by atoms with Crippen LogP contribution in [0.5, 0.6) is 0 Å².